The molecule has 0 saturated carbocycles. The molecule has 0 unspecified atom stereocenters. The van der Waals surface area contributed by atoms with Gasteiger partial charge in [-0.3, -0.25) is 0 Å². The van der Waals surface area contributed by atoms with E-state index in [0.717, 1.165) is 36.6 Å². The number of hydrogen-bond donors (Lipinski definition) is 1. The van der Waals surface area contributed by atoms with Crippen LogP contribution in [0.15, 0.2) is 18.2 Å². The lowest BCUT2D eigenvalue weighted by atomic mass is 10.1. The second kappa shape index (κ2) is 7.01. The largest absolute Gasteiger partial charge is 0.496 e. The van der Waals surface area contributed by atoms with Crippen molar-refractivity contribution in [1.82, 2.24) is 5.32 Å². The molecule has 0 fully saturated rings. The maximum Gasteiger partial charge on any atom is 0.122 e. The van der Waals surface area contributed by atoms with E-state index in [1.165, 1.54) is 5.56 Å². The first-order chi connectivity index (χ1) is 8.42. The number of unbranched alkanes of at least 4 members (excludes halogenated alkanes) is 1. The van der Waals surface area contributed by atoms with Crippen molar-refractivity contribution >= 4 is 11.6 Å². The summed E-state index contributed by atoms with van der Waals surface area (Å²) in [6.07, 6.45) is 3.31. The summed E-state index contributed by atoms with van der Waals surface area (Å²) in [7, 11) is 1.70. The van der Waals surface area contributed by atoms with Crippen LogP contribution in [0.3, 0.4) is 0 Å². The van der Waals surface area contributed by atoms with Gasteiger partial charge in [0.1, 0.15) is 5.75 Å². The zero-order valence-electron chi connectivity index (χ0n) is 11.8. The quantitative estimate of drug-likeness (QED) is 0.787. The Morgan fingerprint density at radius 1 is 1.22 bits per heavy atom. The Kier molecular flexibility index (Phi) is 5.97. The van der Waals surface area contributed by atoms with Gasteiger partial charge in [-0.1, -0.05) is 11.6 Å². The zero-order chi connectivity index (χ0) is 13.6. The lowest BCUT2D eigenvalue weighted by molar-refractivity contribution is 0.405. The smallest absolute Gasteiger partial charge is 0.122 e. The molecule has 0 spiro atoms. The monoisotopic (exact) mass is 269 g/mol. The molecule has 1 aromatic carbocycles. The summed E-state index contributed by atoms with van der Waals surface area (Å²) in [6.45, 7) is 7.61. The third-order valence-corrected chi connectivity index (χ3v) is 3.01. The molecule has 1 aromatic rings. The second-order valence-electron chi connectivity index (χ2n) is 5.59. The highest BCUT2D eigenvalue weighted by atomic mass is 35.5. The molecule has 18 heavy (non-hydrogen) atoms. The van der Waals surface area contributed by atoms with Gasteiger partial charge in [-0.25, -0.2) is 0 Å². The molecule has 0 radical (unpaired) electrons. The highest BCUT2D eigenvalue weighted by Crippen LogP contribution is 2.24. The van der Waals surface area contributed by atoms with Crippen LogP contribution >= 0.6 is 11.6 Å². The number of hydrogen-bond acceptors (Lipinski definition) is 2. The van der Waals surface area contributed by atoms with Gasteiger partial charge in [0.05, 0.1) is 7.11 Å². The molecule has 0 aromatic heterocycles. The van der Waals surface area contributed by atoms with Crippen molar-refractivity contribution in [2.75, 3.05) is 13.7 Å². The Bertz CT molecular complexity index is 371. The highest BCUT2D eigenvalue weighted by molar-refractivity contribution is 6.30. The average molecular weight is 270 g/mol. The molecule has 0 aliphatic rings. The first kappa shape index (κ1) is 15.3. The number of ether oxygens (including phenoxy) is 1. The molecule has 0 saturated heterocycles. The maximum atomic E-state index is 6.01. The van der Waals surface area contributed by atoms with Gasteiger partial charge in [0, 0.05) is 10.6 Å². The molecule has 0 aliphatic heterocycles. The van der Waals surface area contributed by atoms with Crippen molar-refractivity contribution in [1.29, 1.82) is 0 Å². The van der Waals surface area contributed by atoms with Crippen LogP contribution in [0.4, 0.5) is 0 Å². The Morgan fingerprint density at radius 2 is 1.94 bits per heavy atom. The van der Waals surface area contributed by atoms with Crippen LogP contribution in [0, 0.1) is 0 Å². The molecule has 0 amide bonds. The summed E-state index contributed by atoms with van der Waals surface area (Å²) >= 11 is 6.01. The van der Waals surface area contributed by atoms with Crippen LogP contribution in [-0.4, -0.2) is 19.2 Å². The summed E-state index contributed by atoms with van der Waals surface area (Å²) in [5, 5.41) is 4.27. The summed E-state index contributed by atoms with van der Waals surface area (Å²) in [4.78, 5) is 0. The molecule has 3 heteroatoms. The van der Waals surface area contributed by atoms with Gasteiger partial charge in [0.2, 0.25) is 0 Å². The minimum atomic E-state index is 0.202. The third kappa shape index (κ3) is 5.74. The molecule has 1 rings (SSSR count). The van der Waals surface area contributed by atoms with Gasteiger partial charge < -0.3 is 10.1 Å². The van der Waals surface area contributed by atoms with E-state index in [-0.39, 0.29) is 5.54 Å². The van der Waals surface area contributed by atoms with E-state index in [0.29, 0.717) is 0 Å². The van der Waals surface area contributed by atoms with E-state index in [2.05, 4.69) is 26.1 Å². The van der Waals surface area contributed by atoms with E-state index >= 15 is 0 Å². The molecule has 0 bridgehead atoms. The van der Waals surface area contributed by atoms with Gasteiger partial charge >= 0.3 is 0 Å². The highest BCUT2D eigenvalue weighted by Gasteiger charge is 2.08. The molecular formula is C15H24ClNO. The maximum absolute atomic E-state index is 6.01. The molecular weight excluding hydrogens is 246 g/mol. The number of methoxy groups -OCH3 is 1. The topological polar surface area (TPSA) is 21.3 Å². The van der Waals surface area contributed by atoms with Gasteiger partial charge in [-0.05, 0) is 70.3 Å². The molecule has 102 valence electrons. The predicted octanol–water partition coefficient (Wildman–Crippen LogP) is 4.06. The zero-order valence-corrected chi connectivity index (χ0v) is 12.6. The van der Waals surface area contributed by atoms with Crippen molar-refractivity contribution in [2.45, 2.75) is 45.6 Å². The Balaban J connectivity index is 2.37. The van der Waals surface area contributed by atoms with Crippen molar-refractivity contribution < 1.29 is 4.74 Å². The van der Waals surface area contributed by atoms with Crippen LogP contribution in [0.25, 0.3) is 0 Å². The fourth-order valence-electron chi connectivity index (χ4n) is 1.85. The van der Waals surface area contributed by atoms with Crippen molar-refractivity contribution in [2.24, 2.45) is 0 Å². The number of rotatable bonds is 6. The first-order valence-electron chi connectivity index (χ1n) is 6.50. The SMILES string of the molecule is COc1ccc(Cl)cc1CCCCNC(C)(C)C. The van der Waals surface area contributed by atoms with Gasteiger partial charge in [-0.15, -0.1) is 0 Å². The average Bonchev–Trinajstić information content (AvgIpc) is 2.27. The first-order valence-corrected chi connectivity index (χ1v) is 6.87. The van der Waals surface area contributed by atoms with E-state index < -0.39 is 0 Å². The number of nitrogens with one attached hydrogen (secondary N) is 1. The summed E-state index contributed by atoms with van der Waals surface area (Å²) in [5.41, 5.74) is 1.40. The fraction of sp³-hybridized carbons (Fsp3) is 0.600. The normalized spacial score (nSPS) is 11.6. The second-order valence-corrected chi connectivity index (χ2v) is 6.03. The standard InChI is InChI=1S/C15H24ClNO/c1-15(2,3)17-10-6-5-7-12-11-13(16)8-9-14(12)18-4/h8-9,11,17H,5-7,10H2,1-4H3. The molecule has 1 N–H and O–H groups in total. The summed E-state index contributed by atoms with van der Waals surface area (Å²) in [5.74, 6) is 0.934. The van der Waals surface area contributed by atoms with Crippen LogP contribution in [0.1, 0.15) is 39.2 Å². The van der Waals surface area contributed by atoms with Crippen LogP contribution in [0.5, 0.6) is 5.75 Å². The van der Waals surface area contributed by atoms with E-state index in [1.54, 1.807) is 7.11 Å². The van der Waals surface area contributed by atoms with Crippen molar-refractivity contribution in [3.63, 3.8) is 0 Å². The Hall–Kier alpha value is -0.730. The van der Waals surface area contributed by atoms with Gasteiger partial charge in [0.25, 0.3) is 0 Å². The molecule has 0 heterocycles. The minimum Gasteiger partial charge on any atom is -0.496 e. The fourth-order valence-corrected chi connectivity index (χ4v) is 2.04. The van der Waals surface area contributed by atoms with E-state index in [9.17, 15) is 0 Å². The molecule has 0 atom stereocenters. The van der Waals surface area contributed by atoms with Crippen molar-refractivity contribution in [3.05, 3.63) is 28.8 Å². The number of aryl methyl sites for hydroxylation is 1. The summed E-state index contributed by atoms with van der Waals surface area (Å²) < 4.78 is 5.34. The molecule has 0 aliphatic carbocycles. The lowest BCUT2D eigenvalue weighted by Crippen LogP contribution is -2.36. The van der Waals surface area contributed by atoms with Crippen LogP contribution < -0.4 is 10.1 Å². The lowest BCUT2D eigenvalue weighted by Gasteiger charge is -2.20. The van der Waals surface area contributed by atoms with Crippen LogP contribution in [-0.2, 0) is 6.42 Å². The Labute approximate surface area is 116 Å². The van der Waals surface area contributed by atoms with Crippen LogP contribution in [0.2, 0.25) is 5.02 Å². The minimum absolute atomic E-state index is 0.202. The van der Waals surface area contributed by atoms with Gasteiger partial charge in [-0.2, -0.15) is 0 Å². The predicted molar refractivity (Wildman–Crippen MR) is 78.7 cm³/mol. The Morgan fingerprint density at radius 3 is 2.56 bits per heavy atom. The van der Waals surface area contributed by atoms with E-state index in [1.807, 2.05) is 18.2 Å². The van der Waals surface area contributed by atoms with E-state index in [4.69, 9.17) is 16.3 Å². The van der Waals surface area contributed by atoms with Gasteiger partial charge in [0.15, 0.2) is 0 Å². The summed E-state index contributed by atoms with van der Waals surface area (Å²) in [6, 6.07) is 5.80. The molecule has 2 nitrogen and oxygen atoms in total. The number of halogens is 1. The third-order valence-electron chi connectivity index (χ3n) is 2.77. The van der Waals surface area contributed by atoms with Crippen molar-refractivity contribution in [3.8, 4) is 5.75 Å². The number of benzene rings is 1.